The summed E-state index contributed by atoms with van der Waals surface area (Å²) in [6.45, 7) is 4.68. The predicted octanol–water partition coefficient (Wildman–Crippen LogP) is 5.12. The number of benzene rings is 2. The molecule has 0 unspecified atom stereocenters. The fourth-order valence-corrected chi connectivity index (χ4v) is 3.07. The molecule has 0 saturated heterocycles. The number of aromatic nitrogens is 3. The first-order chi connectivity index (χ1) is 13.7. The van der Waals surface area contributed by atoms with Crippen LogP contribution in [0.15, 0.2) is 48.7 Å². The highest BCUT2D eigenvalue weighted by molar-refractivity contribution is 5.96. The molecular formula is C23H27N3O2. The van der Waals surface area contributed by atoms with Gasteiger partial charge in [-0.3, -0.25) is 0 Å². The molecule has 0 amide bonds. The van der Waals surface area contributed by atoms with Gasteiger partial charge in [0.1, 0.15) is 0 Å². The van der Waals surface area contributed by atoms with E-state index in [1.807, 2.05) is 29.1 Å². The number of carbonyl (C=O) groups excluding carboxylic acids is 1. The maximum Gasteiger partial charge on any atom is 0.330 e. The third-order valence-corrected chi connectivity index (χ3v) is 4.63. The molecule has 0 spiro atoms. The zero-order valence-electron chi connectivity index (χ0n) is 16.6. The van der Waals surface area contributed by atoms with Crippen LogP contribution in [-0.4, -0.2) is 27.6 Å². The van der Waals surface area contributed by atoms with Crippen molar-refractivity contribution in [1.82, 2.24) is 15.0 Å². The van der Waals surface area contributed by atoms with Gasteiger partial charge in [0.15, 0.2) is 0 Å². The molecule has 0 aliphatic rings. The molecule has 5 nitrogen and oxygen atoms in total. The lowest BCUT2D eigenvalue weighted by molar-refractivity contribution is -0.137. The van der Waals surface area contributed by atoms with E-state index in [1.54, 1.807) is 6.08 Å². The van der Waals surface area contributed by atoms with Crippen molar-refractivity contribution in [3.05, 3.63) is 59.9 Å². The van der Waals surface area contributed by atoms with E-state index in [0.717, 1.165) is 59.8 Å². The Hall–Kier alpha value is -2.95. The molecule has 1 heterocycles. The van der Waals surface area contributed by atoms with Crippen LogP contribution in [0.2, 0.25) is 0 Å². The Labute approximate surface area is 166 Å². The highest BCUT2D eigenvalue weighted by Crippen LogP contribution is 2.27. The summed E-state index contributed by atoms with van der Waals surface area (Å²) in [7, 11) is 0. The van der Waals surface area contributed by atoms with Crippen LogP contribution in [0.4, 0.5) is 0 Å². The molecule has 0 fully saturated rings. The number of carbonyl (C=O) groups is 1. The van der Waals surface area contributed by atoms with Crippen LogP contribution < -0.4 is 0 Å². The van der Waals surface area contributed by atoms with E-state index >= 15 is 0 Å². The molecule has 28 heavy (non-hydrogen) atoms. The lowest BCUT2D eigenvalue weighted by Gasteiger charge is -2.10. The maximum absolute atomic E-state index is 12.0. The summed E-state index contributed by atoms with van der Waals surface area (Å²) < 4.78 is 7.04. The third-order valence-electron chi connectivity index (χ3n) is 4.63. The van der Waals surface area contributed by atoms with Crippen LogP contribution >= 0.6 is 0 Å². The smallest absolute Gasteiger partial charge is 0.330 e. The molecule has 5 heteroatoms. The van der Waals surface area contributed by atoms with Gasteiger partial charge >= 0.3 is 5.97 Å². The summed E-state index contributed by atoms with van der Waals surface area (Å²) in [5.41, 5.74) is 2.80. The standard InChI is InChI=1S/C23H27N3O2/c1-3-5-10-20-17-26(25-24-20)23-19(14-15-22(27)28-16-6-4-2)13-12-18-9-7-8-11-21(18)23/h7-9,11-15,17H,3-6,10,16H2,1-2H3/b15-14+. The molecule has 3 rings (SSSR count). The van der Waals surface area contributed by atoms with Crippen LogP contribution in [0.5, 0.6) is 0 Å². The molecule has 3 aromatic rings. The van der Waals surface area contributed by atoms with Gasteiger partial charge < -0.3 is 4.74 Å². The number of rotatable bonds is 9. The van der Waals surface area contributed by atoms with Crippen molar-refractivity contribution in [3.8, 4) is 5.69 Å². The Kier molecular flexibility index (Phi) is 6.95. The zero-order valence-corrected chi connectivity index (χ0v) is 16.6. The minimum atomic E-state index is -0.324. The molecule has 0 radical (unpaired) electrons. The Bertz CT molecular complexity index is 959. The van der Waals surface area contributed by atoms with E-state index < -0.39 is 0 Å². The number of nitrogens with zero attached hydrogens (tertiary/aromatic N) is 3. The summed E-state index contributed by atoms with van der Waals surface area (Å²) in [5, 5.41) is 10.9. The number of hydrogen-bond donors (Lipinski definition) is 0. The molecule has 0 saturated carbocycles. The van der Waals surface area contributed by atoms with Crippen LogP contribution in [0, 0.1) is 0 Å². The minimum absolute atomic E-state index is 0.324. The van der Waals surface area contributed by atoms with E-state index in [4.69, 9.17) is 4.74 Å². The summed E-state index contributed by atoms with van der Waals surface area (Å²) in [4.78, 5) is 12.0. The Balaban J connectivity index is 1.95. The van der Waals surface area contributed by atoms with Crippen LogP contribution in [-0.2, 0) is 16.0 Å². The van der Waals surface area contributed by atoms with Crippen molar-refractivity contribution in [2.75, 3.05) is 6.61 Å². The summed E-state index contributed by atoms with van der Waals surface area (Å²) in [6, 6.07) is 12.2. The molecule has 2 aromatic carbocycles. The second-order valence-corrected chi connectivity index (χ2v) is 6.84. The molecule has 0 aliphatic carbocycles. The number of esters is 1. The fourth-order valence-electron chi connectivity index (χ4n) is 3.07. The monoisotopic (exact) mass is 377 g/mol. The van der Waals surface area contributed by atoms with Gasteiger partial charge in [0, 0.05) is 17.0 Å². The molecule has 0 atom stereocenters. The average molecular weight is 377 g/mol. The van der Waals surface area contributed by atoms with E-state index in [-0.39, 0.29) is 5.97 Å². The van der Waals surface area contributed by atoms with Crippen LogP contribution in [0.1, 0.15) is 50.8 Å². The highest BCUT2D eigenvalue weighted by atomic mass is 16.5. The van der Waals surface area contributed by atoms with Gasteiger partial charge in [-0.25, -0.2) is 9.48 Å². The van der Waals surface area contributed by atoms with Crippen molar-refractivity contribution in [1.29, 1.82) is 0 Å². The van der Waals surface area contributed by atoms with Crippen molar-refractivity contribution in [2.24, 2.45) is 0 Å². The summed E-state index contributed by atoms with van der Waals surface area (Å²) >= 11 is 0. The average Bonchev–Trinajstić information content (AvgIpc) is 3.19. The Morgan fingerprint density at radius 2 is 1.93 bits per heavy atom. The molecule has 0 bridgehead atoms. The van der Waals surface area contributed by atoms with Crippen molar-refractivity contribution in [2.45, 2.75) is 46.0 Å². The van der Waals surface area contributed by atoms with Gasteiger partial charge in [-0.05, 0) is 30.7 Å². The lowest BCUT2D eigenvalue weighted by atomic mass is 10.0. The normalized spacial score (nSPS) is 11.4. The van der Waals surface area contributed by atoms with Crippen LogP contribution in [0.25, 0.3) is 22.5 Å². The van der Waals surface area contributed by atoms with Gasteiger partial charge in [0.25, 0.3) is 0 Å². The van der Waals surface area contributed by atoms with Crippen molar-refractivity contribution in [3.63, 3.8) is 0 Å². The van der Waals surface area contributed by atoms with Crippen molar-refractivity contribution >= 4 is 22.8 Å². The molecule has 146 valence electrons. The first-order valence-electron chi connectivity index (χ1n) is 10.0. The summed E-state index contributed by atoms with van der Waals surface area (Å²) in [6.07, 6.45) is 10.3. The molecule has 0 aliphatic heterocycles. The fraction of sp³-hybridized carbons (Fsp3) is 0.348. The SMILES string of the molecule is CCCCOC(=O)/C=C/c1ccc2ccccc2c1-n1cc(CCCC)nn1. The Morgan fingerprint density at radius 1 is 1.11 bits per heavy atom. The quantitative estimate of drug-likeness (QED) is 0.295. The zero-order chi connectivity index (χ0) is 19.8. The first-order valence-corrected chi connectivity index (χ1v) is 10.0. The van der Waals surface area contributed by atoms with E-state index in [1.165, 1.54) is 6.08 Å². The number of hydrogen-bond acceptors (Lipinski definition) is 4. The lowest BCUT2D eigenvalue weighted by Crippen LogP contribution is -2.03. The predicted molar refractivity (Wildman–Crippen MR) is 112 cm³/mol. The van der Waals surface area contributed by atoms with Gasteiger partial charge in [0.2, 0.25) is 0 Å². The van der Waals surface area contributed by atoms with Gasteiger partial charge in [-0.15, -0.1) is 5.10 Å². The second kappa shape index (κ2) is 9.83. The largest absolute Gasteiger partial charge is 0.463 e. The molecule has 0 N–H and O–H groups in total. The molecule has 1 aromatic heterocycles. The third kappa shape index (κ3) is 4.85. The summed E-state index contributed by atoms with van der Waals surface area (Å²) in [5.74, 6) is -0.324. The first kappa shape index (κ1) is 19.8. The van der Waals surface area contributed by atoms with Gasteiger partial charge in [-0.1, -0.05) is 68.3 Å². The number of ether oxygens (including phenoxy) is 1. The minimum Gasteiger partial charge on any atom is -0.463 e. The number of unbranched alkanes of at least 4 members (excludes halogenated alkanes) is 2. The number of aryl methyl sites for hydroxylation is 1. The van der Waals surface area contributed by atoms with Crippen LogP contribution in [0.3, 0.4) is 0 Å². The van der Waals surface area contributed by atoms with Crippen molar-refractivity contribution < 1.29 is 9.53 Å². The number of fused-ring (bicyclic) bond motifs is 1. The highest BCUT2D eigenvalue weighted by Gasteiger charge is 2.11. The maximum atomic E-state index is 12.0. The van der Waals surface area contributed by atoms with E-state index in [2.05, 4.69) is 42.4 Å². The van der Waals surface area contributed by atoms with Gasteiger partial charge in [0.05, 0.1) is 24.2 Å². The molecular weight excluding hydrogens is 350 g/mol. The second-order valence-electron chi connectivity index (χ2n) is 6.84. The van der Waals surface area contributed by atoms with E-state index in [9.17, 15) is 4.79 Å². The Morgan fingerprint density at radius 3 is 2.75 bits per heavy atom. The van der Waals surface area contributed by atoms with Gasteiger partial charge in [-0.2, -0.15) is 0 Å². The topological polar surface area (TPSA) is 57.0 Å². The van der Waals surface area contributed by atoms with E-state index in [0.29, 0.717) is 6.61 Å².